The van der Waals surface area contributed by atoms with Crippen molar-refractivity contribution >= 4 is 22.6 Å². The first-order valence-electron chi connectivity index (χ1n) is 5.52. The smallest absolute Gasteiger partial charge is 0.159 e. The van der Waals surface area contributed by atoms with Gasteiger partial charge in [-0.05, 0) is 30.0 Å². The van der Waals surface area contributed by atoms with Crippen molar-refractivity contribution in [1.82, 2.24) is 5.32 Å². The minimum absolute atomic E-state index is 0.628. The summed E-state index contributed by atoms with van der Waals surface area (Å²) in [5.41, 5.74) is 7.92. The summed E-state index contributed by atoms with van der Waals surface area (Å²) in [4.78, 5) is 4.35. The van der Waals surface area contributed by atoms with Gasteiger partial charge in [0, 0.05) is 6.54 Å². The Morgan fingerprint density at radius 1 is 1.44 bits per heavy atom. The second-order valence-corrected chi connectivity index (χ2v) is 4.62. The van der Waals surface area contributed by atoms with E-state index in [1.54, 1.807) is 11.8 Å². The number of nitrogens with zero attached hydrogens (tertiary/aromatic N) is 1. The summed E-state index contributed by atoms with van der Waals surface area (Å²) in [6.45, 7) is 6.01. The van der Waals surface area contributed by atoms with Crippen molar-refractivity contribution in [3.8, 4) is 0 Å². The maximum Gasteiger partial charge on any atom is 0.159 e. The van der Waals surface area contributed by atoms with Crippen LogP contribution < -0.4 is 11.1 Å². The molecule has 0 bridgehead atoms. The van der Waals surface area contributed by atoms with Gasteiger partial charge >= 0.3 is 0 Å². The van der Waals surface area contributed by atoms with Crippen LogP contribution in [0.5, 0.6) is 0 Å². The number of hydrogen-bond donors (Lipinski definition) is 2. The van der Waals surface area contributed by atoms with E-state index >= 15 is 0 Å². The van der Waals surface area contributed by atoms with Crippen molar-refractivity contribution in [3.63, 3.8) is 0 Å². The van der Waals surface area contributed by atoms with E-state index in [1.165, 1.54) is 5.56 Å². The molecule has 0 radical (unpaired) electrons. The van der Waals surface area contributed by atoms with E-state index in [-0.39, 0.29) is 0 Å². The average Bonchev–Trinajstić information content (AvgIpc) is 2.27. The number of hydrogen-bond acceptors (Lipinski definition) is 3. The Morgan fingerprint density at radius 3 is 2.94 bits per heavy atom. The molecule has 3 N–H and O–H groups in total. The third kappa shape index (κ3) is 4.68. The van der Waals surface area contributed by atoms with E-state index < -0.39 is 0 Å². The lowest BCUT2D eigenvalue weighted by Crippen LogP contribution is -2.11. The number of thioether (sulfide) groups is 1. The van der Waals surface area contributed by atoms with Gasteiger partial charge in [-0.3, -0.25) is 0 Å². The third-order valence-corrected chi connectivity index (χ3v) is 2.70. The third-order valence-electron chi connectivity index (χ3n) is 2.02. The fourth-order valence-electron chi connectivity index (χ4n) is 1.31. The molecule has 0 spiro atoms. The van der Waals surface area contributed by atoms with Gasteiger partial charge in [0.25, 0.3) is 0 Å². The molecular weight excluding hydrogens is 218 g/mol. The van der Waals surface area contributed by atoms with Crippen LogP contribution in [0.2, 0.25) is 0 Å². The molecule has 1 aromatic rings. The Hall–Kier alpha value is -1.00. The van der Waals surface area contributed by atoms with Crippen molar-refractivity contribution < 1.29 is 0 Å². The van der Waals surface area contributed by atoms with Crippen molar-refractivity contribution in [2.75, 3.05) is 12.3 Å². The normalized spacial score (nSPS) is 11.8. The monoisotopic (exact) mass is 237 g/mol. The maximum atomic E-state index is 5.76. The quantitative estimate of drug-likeness (QED) is 0.611. The van der Waals surface area contributed by atoms with Crippen molar-refractivity contribution in [2.45, 2.75) is 20.4 Å². The van der Waals surface area contributed by atoms with Gasteiger partial charge < -0.3 is 11.1 Å². The van der Waals surface area contributed by atoms with E-state index in [0.29, 0.717) is 5.17 Å². The minimum atomic E-state index is 0.628. The van der Waals surface area contributed by atoms with Crippen LogP contribution in [0.3, 0.4) is 0 Å². The molecule has 0 saturated carbocycles. The highest BCUT2D eigenvalue weighted by Crippen LogP contribution is 2.15. The first-order valence-corrected chi connectivity index (χ1v) is 6.51. The van der Waals surface area contributed by atoms with Gasteiger partial charge in [-0.2, -0.15) is 0 Å². The molecular formula is C12H19N3S. The molecule has 4 heteroatoms. The number of rotatable bonds is 5. The maximum absolute atomic E-state index is 5.76. The van der Waals surface area contributed by atoms with Crippen molar-refractivity contribution in [3.05, 3.63) is 29.8 Å². The molecule has 1 rings (SSSR count). The molecule has 0 aliphatic carbocycles. The Bertz CT molecular complexity index is 350. The van der Waals surface area contributed by atoms with Crippen LogP contribution >= 0.6 is 11.8 Å². The van der Waals surface area contributed by atoms with Gasteiger partial charge in [0.1, 0.15) is 0 Å². The second-order valence-electron chi connectivity index (χ2n) is 3.33. The Balaban J connectivity index is 2.70. The fraction of sp³-hybridized carbons (Fsp3) is 0.417. The summed E-state index contributed by atoms with van der Waals surface area (Å²) in [7, 11) is 0. The van der Waals surface area contributed by atoms with Crippen LogP contribution in [0, 0.1) is 0 Å². The molecule has 0 atom stereocenters. The fourth-order valence-corrected chi connectivity index (χ4v) is 1.78. The van der Waals surface area contributed by atoms with E-state index in [1.807, 2.05) is 12.1 Å². The predicted molar refractivity (Wildman–Crippen MR) is 73.2 cm³/mol. The van der Waals surface area contributed by atoms with Gasteiger partial charge in [-0.1, -0.05) is 37.7 Å². The highest BCUT2D eigenvalue weighted by molar-refractivity contribution is 8.13. The van der Waals surface area contributed by atoms with E-state index in [0.717, 1.165) is 24.5 Å². The van der Waals surface area contributed by atoms with Crippen molar-refractivity contribution in [1.29, 1.82) is 0 Å². The Kier molecular flexibility index (Phi) is 5.96. The zero-order chi connectivity index (χ0) is 11.8. The highest BCUT2D eigenvalue weighted by Gasteiger charge is 1.96. The van der Waals surface area contributed by atoms with E-state index in [4.69, 9.17) is 5.73 Å². The van der Waals surface area contributed by atoms with Crippen LogP contribution in [0.15, 0.2) is 29.3 Å². The van der Waals surface area contributed by atoms with Crippen LogP contribution in [-0.4, -0.2) is 17.5 Å². The molecule has 0 unspecified atom stereocenters. The van der Waals surface area contributed by atoms with Crippen LogP contribution in [0.1, 0.15) is 19.4 Å². The Labute approximate surface area is 102 Å². The topological polar surface area (TPSA) is 50.4 Å². The van der Waals surface area contributed by atoms with Gasteiger partial charge in [-0.15, -0.1) is 0 Å². The molecule has 3 nitrogen and oxygen atoms in total. The SMILES string of the molecule is CCNCc1cccc(N=C(N)SCC)c1. The standard InChI is InChI=1S/C12H19N3S/c1-3-14-9-10-6-5-7-11(8-10)15-12(13)16-4-2/h5-8,14H,3-4,9H2,1-2H3,(H2,13,15). The lowest BCUT2D eigenvalue weighted by atomic mass is 10.2. The molecule has 0 fully saturated rings. The zero-order valence-electron chi connectivity index (χ0n) is 9.86. The summed E-state index contributed by atoms with van der Waals surface area (Å²) < 4.78 is 0. The second kappa shape index (κ2) is 7.30. The number of benzene rings is 1. The molecule has 0 heterocycles. The molecule has 0 amide bonds. The molecule has 16 heavy (non-hydrogen) atoms. The molecule has 0 saturated heterocycles. The minimum Gasteiger partial charge on any atom is -0.378 e. The summed E-state index contributed by atoms with van der Waals surface area (Å²) in [6.07, 6.45) is 0. The zero-order valence-corrected chi connectivity index (χ0v) is 10.7. The molecule has 1 aromatic carbocycles. The van der Waals surface area contributed by atoms with Gasteiger partial charge in [0.15, 0.2) is 5.17 Å². The number of amidine groups is 1. The molecule has 0 aliphatic heterocycles. The van der Waals surface area contributed by atoms with Gasteiger partial charge in [0.05, 0.1) is 5.69 Å². The molecule has 0 aliphatic rings. The Morgan fingerprint density at radius 2 is 2.25 bits per heavy atom. The molecule has 88 valence electrons. The van der Waals surface area contributed by atoms with Gasteiger partial charge in [0.2, 0.25) is 0 Å². The highest BCUT2D eigenvalue weighted by atomic mass is 32.2. The largest absolute Gasteiger partial charge is 0.378 e. The van der Waals surface area contributed by atoms with E-state index in [9.17, 15) is 0 Å². The number of nitrogens with two attached hydrogens (primary N) is 1. The summed E-state index contributed by atoms with van der Waals surface area (Å²) >= 11 is 1.56. The molecule has 0 aromatic heterocycles. The average molecular weight is 237 g/mol. The van der Waals surface area contributed by atoms with Crippen LogP contribution in [-0.2, 0) is 6.54 Å². The predicted octanol–water partition coefficient (Wildman–Crippen LogP) is 2.50. The summed E-state index contributed by atoms with van der Waals surface area (Å²) in [5.74, 6) is 0.951. The van der Waals surface area contributed by atoms with Crippen LogP contribution in [0.4, 0.5) is 5.69 Å². The number of aliphatic imine (C=N–C) groups is 1. The lowest BCUT2D eigenvalue weighted by Gasteiger charge is -2.03. The van der Waals surface area contributed by atoms with Crippen LogP contribution in [0.25, 0.3) is 0 Å². The first kappa shape index (κ1) is 13.1. The lowest BCUT2D eigenvalue weighted by molar-refractivity contribution is 0.727. The van der Waals surface area contributed by atoms with Gasteiger partial charge in [-0.25, -0.2) is 4.99 Å². The summed E-state index contributed by atoms with van der Waals surface area (Å²) in [6, 6.07) is 8.13. The first-order chi connectivity index (χ1) is 7.76. The summed E-state index contributed by atoms with van der Waals surface area (Å²) in [5, 5.41) is 3.91. The van der Waals surface area contributed by atoms with Crippen molar-refractivity contribution in [2.24, 2.45) is 10.7 Å². The van der Waals surface area contributed by atoms with E-state index in [2.05, 4.69) is 36.3 Å². The number of nitrogens with one attached hydrogen (secondary N) is 1.